The van der Waals surface area contributed by atoms with Crippen LogP contribution >= 0.6 is 0 Å². The van der Waals surface area contributed by atoms with E-state index in [9.17, 15) is 13.6 Å². The highest BCUT2D eigenvalue weighted by atomic mass is 19.3. The highest BCUT2D eigenvalue weighted by molar-refractivity contribution is 5.99. The number of anilines is 3. The third-order valence-corrected chi connectivity index (χ3v) is 4.76. The van der Waals surface area contributed by atoms with Crippen LogP contribution in [-0.2, 0) is 0 Å². The summed E-state index contributed by atoms with van der Waals surface area (Å²) < 4.78 is 28.6. The number of halogens is 2. The monoisotopic (exact) mass is 390 g/mol. The van der Waals surface area contributed by atoms with Gasteiger partial charge in [0, 0.05) is 30.4 Å². The average molecular weight is 390 g/mol. The number of amides is 1. The Morgan fingerprint density at radius 1 is 1.25 bits per heavy atom. The van der Waals surface area contributed by atoms with Crippen molar-refractivity contribution in [2.75, 3.05) is 10.6 Å². The maximum absolute atomic E-state index is 14.3. The molecule has 0 spiro atoms. The number of primary amides is 1. The van der Waals surface area contributed by atoms with E-state index in [1.54, 1.807) is 6.07 Å². The fraction of sp³-hybridized carbons (Fsp3) is 0.421. The summed E-state index contributed by atoms with van der Waals surface area (Å²) >= 11 is 0. The van der Waals surface area contributed by atoms with Crippen molar-refractivity contribution in [1.29, 1.82) is 0 Å². The van der Waals surface area contributed by atoms with E-state index in [4.69, 9.17) is 11.5 Å². The molecule has 9 heteroatoms. The van der Waals surface area contributed by atoms with Crippen molar-refractivity contribution in [2.24, 2.45) is 11.5 Å². The van der Waals surface area contributed by atoms with Crippen molar-refractivity contribution < 1.29 is 13.6 Å². The predicted molar refractivity (Wildman–Crippen MR) is 104 cm³/mol. The maximum Gasteiger partial charge on any atom is 0.269 e. The van der Waals surface area contributed by atoms with Crippen molar-refractivity contribution >= 4 is 23.2 Å². The molecule has 0 bridgehead atoms. The molecule has 2 heterocycles. The van der Waals surface area contributed by atoms with Crippen LogP contribution in [0.5, 0.6) is 0 Å². The summed E-state index contributed by atoms with van der Waals surface area (Å²) in [6, 6.07) is 3.25. The molecule has 2 aromatic rings. The Hall–Kier alpha value is -2.81. The number of nitrogens with zero attached hydrogens (tertiary/aromatic N) is 2. The molecular weight excluding hydrogens is 366 g/mol. The highest BCUT2D eigenvalue weighted by Gasteiger charge is 2.45. The summed E-state index contributed by atoms with van der Waals surface area (Å²) in [5.41, 5.74) is 13.6. The molecule has 1 amide bonds. The summed E-state index contributed by atoms with van der Waals surface area (Å²) in [6.07, 6.45) is 1.91. The van der Waals surface area contributed by atoms with Crippen LogP contribution in [0.25, 0.3) is 0 Å². The molecule has 1 aliphatic rings. The molecule has 0 unspecified atom stereocenters. The number of rotatable bonds is 5. The van der Waals surface area contributed by atoms with Gasteiger partial charge in [0.05, 0.1) is 11.3 Å². The van der Waals surface area contributed by atoms with Gasteiger partial charge in [-0.1, -0.05) is 0 Å². The molecule has 3 rings (SSSR count). The zero-order valence-corrected chi connectivity index (χ0v) is 15.8. The van der Waals surface area contributed by atoms with E-state index in [1.165, 1.54) is 12.3 Å². The minimum atomic E-state index is -2.94. The van der Waals surface area contributed by atoms with Crippen LogP contribution in [0, 0.1) is 13.8 Å². The van der Waals surface area contributed by atoms with Crippen LogP contribution in [0.4, 0.5) is 26.1 Å². The Balaban J connectivity index is 1.92. The van der Waals surface area contributed by atoms with Crippen molar-refractivity contribution in [3.8, 4) is 0 Å². The second kappa shape index (κ2) is 7.67. The molecule has 2 aromatic heterocycles. The number of carbonyl (C=O) groups is 1. The van der Waals surface area contributed by atoms with Gasteiger partial charge in [0.25, 0.3) is 11.8 Å². The number of alkyl halides is 2. The van der Waals surface area contributed by atoms with Gasteiger partial charge in [-0.2, -0.15) is 0 Å². The van der Waals surface area contributed by atoms with Crippen LogP contribution < -0.4 is 22.1 Å². The van der Waals surface area contributed by atoms with E-state index < -0.39 is 23.9 Å². The Kier molecular flexibility index (Phi) is 5.46. The minimum Gasteiger partial charge on any atom is -0.365 e. The molecule has 0 aliphatic heterocycles. The van der Waals surface area contributed by atoms with Crippen molar-refractivity contribution in [3.05, 3.63) is 41.2 Å². The Morgan fingerprint density at radius 2 is 2.00 bits per heavy atom. The molecule has 2 atom stereocenters. The van der Waals surface area contributed by atoms with Crippen LogP contribution in [0.2, 0.25) is 0 Å². The van der Waals surface area contributed by atoms with Crippen molar-refractivity contribution in [3.63, 3.8) is 0 Å². The Bertz CT molecular complexity index is 868. The first kappa shape index (κ1) is 19.9. The van der Waals surface area contributed by atoms with E-state index in [1.807, 2.05) is 19.9 Å². The van der Waals surface area contributed by atoms with Crippen molar-refractivity contribution in [2.45, 2.75) is 51.1 Å². The molecular formula is C19H24F2N6O. The minimum absolute atomic E-state index is 0.131. The van der Waals surface area contributed by atoms with E-state index in [-0.39, 0.29) is 17.8 Å². The first-order valence-corrected chi connectivity index (χ1v) is 9.08. The first-order chi connectivity index (χ1) is 13.2. The topological polar surface area (TPSA) is 119 Å². The number of hydrogen-bond acceptors (Lipinski definition) is 6. The summed E-state index contributed by atoms with van der Waals surface area (Å²) in [5.74, 6) is -2.94. The molecule has 1 aliphatic carbocycles. The number of aryl methyl sites for hydroxylation is 2. The molecule has 1 saturated carbocycles. The van der Waals surface area contributed by atoms with Gasteiger partial charge in [-0.15, -0.1) is 0 Å². The number of aromatic nitrogens is 2. The van der Waals surface area contributed by atoms with E-state index in [0.717, 1.165) is 11.3 Å². The quantitative estimate of drug-likeness (QED) is 0.623. The Labute approximate surface area is 161 Å². The average Bonchev–Trinajstić information content (AvgIpc) is 2.57. The highest BCUT2D eigenvalue weighted by Crippen LogP contribution is 2.35. The fourth-order valence-electron chi connectivity index (χ4n) is 3.46. The second-order valence-corrected chi connectivity index (χ2v) is 7.21. The Morgan fingerprint density at radius 3 is 2.64 bits per heavy atom. The van der Waals surface area contributed by atoms with Gasteiger partial charge in [0.2, 0.25) is 0 Å². The molecule has 0 saturated heterocycles. The zero-order chi connectivity index (χ0) is 20.5. The molecule has 6 N–H and O–H groups in total. The summed E-state index contributed by atoms with van der Waals surface area (Å²) in [6.45, 7) is 3.76. The van der Waals surface area contributed by atoms with Gasteiger partial charge >= 0.3 is 0 Å². The zero-order valence-electron chi connectivity index (χ0n) is 15.8. The lowest BCUT2D eigenvalue weighted by Crippen LogP contribution is -2.55. The SMILES string of the molecule is Cc1cc(C)nc(Nc2cc(N[C@@H]3[C@H](N)CCCC3(F)F)ncc2C(N)=O)c1. The summed E-state index contributed by atoms with van der Waals surface area (Å²) in [4.78, 5) is 20.2. The summed E-state index contributed by atoms with van der Waals surface area (Å²) in [5, 5.41) is 5.77. The van der Waals surface area contributed by atoms with Gasteiger partial charge in [0.15, 0.2) is 0 Å². The molecule has 7 nitrogen and oxygen atoms in total. The lowest BCUT2D eigenvalue weighted by atomic mass is 9.87. The summed E-state index contributed by atoms with van der Waals surface area (Å²) in [7, 11) is 0. The number of nitrogens with one attached hydrogen (secondary N) is 2. The normalized spacial score (nSPS) is 21.2. The van der Waals surface area contributed by atoms with Gasteiger partial charge in [-0.25, -0.2) is 18.7 Å². The van der Waals surface area contributed by atoms with Gasteiger partial charge in [0.1, 0.15) is 17.7 Å². The van der Waals surface area contributed by atoms with Crippen LogP contribution in [0.15, 0.2) is 24.4 Å². The predicted octanol–water partition coefficient (Wildman–Crippen LogP) is 2.86. The standard InChI is InChI=1S/C19H24F2N6O/c1-10-6-11(2)25-16(7-10)26-14-8-15(24-9-12(14)18(23)28)27-17-13(22)4-3-5-19(17,20)21/h6-9,13,17H,3-5,22H2,1-2H3,(H2,23,28)(H2,24,25,26,27)/t13-,17-/m1/s1. The third kappa shape index (κ3) is 4.36. The van der Waals surface area contributed by atoms with Crippen LogP contribution in [0.1, 0.15) is 40.9 Å². The maximum atomic E-state index is 14.3. The third-order valence-electron chi connectivity index (χ3n) is 4.76. The number of pyridine rings is 2. The second-order valence-electron chi connectivity index (χ2n) is 7.21. The van der Waals surface area contributed by atoms with E-state index >= 15 is 0 Å². The number of nitrogens with two attached hydrogens (primary N) is 2. The van der Waals surface area contributed by atoms with Crippen molar-refractivity contribution in [1.82, 2.24) is 9.97 Å². The van der Waals surface area contributed by atoms with Crippen LogP contribution in [0.3, 0.4) is 0 Å². The lowest BCUT2D eigenvalue weighted by Gasteiger charge is -2.36. The largest absolute Gasteiger partial charge is 0.365 e. The van der Waals surface area contributed by atoms with Crippen LogP contribution in [-0.4, -0.2) is 33.9 Å². The van der Waals surface area contributed by atoms with E-state index in [0.29, 0.717) is 24.3 Å². The molecule has 150 valence electrons. The number of carbonyl (C=O) groups excluding carboxylic acids is 1. The molecule has 28 heavy (non-hydrogen) atoms. The van der Waals surface area contributed by atoms with E-state index in [2.05, 4.69) is 20.6 Å². The van der Waals surface area contributed by atoms with Gasteiger partial charge in [-0.05, 0) is 44.4 Å². The van der Waals surface area contributed by atoms with Gasteiger partial charge < -0.3 is 22.1 Å². The smallest absolute Gasteiger partial charge is 0.269 e. The number of hydrogen-bond donors (Lipinski definition) is 4. The molecule has 0 aromatic carbocycles. The fourth-order valence-corrected chi connectivity index (χ4v) is 3.46. The molecule has 1 fully saturated rings. The van der Waals surface area contributed by atoms with Gasteiger partial charge in [-0.3, -0.25) is 4.79 Å². The lowest BCUT2D eigenvalue weighted by molar-refractivity contribution is -0.0511. The first-order valence-electron chi connectivity index (χ1n) is 9.08. The molecule has 0 radical (unpaired) electrons.